The molecule has 1 N–H and O–H groups in total. The van der Waals surface area contributed by atoms with Gasteiger partial charge in [-0.25, -0.2) is 13.8 Å². The maximum atomic E-state index is 13.2. The quantitative estimate of drug-likeness (QED) is 0.549. The highest BCUT2D eigenvalue weighted by Gasteiger charge is 2.36. The lowest BCUT2D eigenvalue weighted by Crippen LogP contribution is -2.60. The van der Waals surface area contributed by atoms with Gasteiger partial charge < -0.3 is 9.64 Å². The van der Waals surface area contributed by atoms with Crippen LogP contribution < -0.4 is 15.1 Å². The van der Waals surface area contributed by atoms with Crippen LogP contribution in [0.5, 0.6) is 5.75 Å². The molecule has 3 aliphatic heterocycles. The molecule has 196 valence electrons. The van der Waals surface area contributed by atoms with E-state index < -0.39 is 10.0 Å². The van der Waals surface area contributed by atoms with Crippen molar-refractivity contribution in [1.29, 1.82) is 0 Å². The van der Waals surface area contributed by atoms with Crippen molar-refractivity contribution < 1.29 is 17.9 Å². The number of hydrazine groups is 1. The summed E-state index contributed by atoms with van der Waals surface area (Å²) in [5.74, 6) is 0.390. The van der Waals surface area contributed by atoms with Crippen molar-refractivity contribution in [2.45, 2.75) is 18.9 Å². The molecule has 3 aliphatic rings. The molecule has 0 aliphatic carbocycles. The van der Waals surface area contributed by atoms with E-state index in [0.29, 0.717) is 17.9 Å². The molecule has 5 rings (SSSR count). The first-order chi connectivity index (χ1) is 16.4. The highest BCUT2D eigenvalue weighted by molar-refractivity contribution is 9.10. The van der Waals surface area contributed by atoms with E-state index in [9.17, 15) is 13.2 Å². The molecule has 36 heavy (non-hydrogen) atoms. The zero-order chi connectivity index (χ0) is 23.7. The number of benzene rings is 1. The second-order valence-electron chi connectivity index (χ2n) is 8.56. The van der Waals surface area contributed by atoms with Crippen LogP contribution in [0.25, 0.3) is 6.08 Å². The lowest BCUT2D eigenvalue weighted by molar-refractivity contribution is -0.138. The van der Waals surface area contributed by atoms with Crippen molar-refractivity contribution >= 4 is 68.4 Å². The molecule has 1 aromatic heterocycles. The van der Waals surface area contributed by atoms with E-state index in [1.54, 1.807) is 29.5 Å². The number of sulfonamides is 1. The Bertz CT molecular complexity index is 1210. The fourth-order valence-electron chi connectivity index (χ4n) is 4.47. The van der Waals surface area contributed by atoms with Crippen LogP contribution in [0.4, 0.5) is 5.69 Å². The first-order valence-corrected chi connectivity index (χ1v) is 13.5. The van der Waals surface area contributed by atoms with Gasteiger partial charge in [-0.1, -0.05) is 22.0 Å². The number of hydrogen-bond donors (Lipinski definition) is 1. The normalized spacial score (nSPS) is 18.9. The van der Waals surface area contributed by atoms with E-state index >= 15 is 0 Å². The number of amides is 1. The number of pyridine rings is 1. The molecule has 2 fully saturated rings. The SMILES string of the molecule is Cl.Cl.O=C1CN(S(=O)(=O)C2=Cc3ccc(Br)cc3OC2)CCN1NC1CCN(c2ccncc2)CC1. The summed E-state index contributed by atoms with van der Waals surface area (Å²) in [5, 5.41) is 1.58. The van der Waals surface area contributed by atoms with E-state index in [1.165, 1.54) is 4.31 Å². The molecular weight excluding hydrogens is 593 g/mol. The molecule has 2 aromatic rings. The molecule has 1 amide bonds. The third kappa shape index (κ3) is 6.15. The molecule has 0 bridgehead atoms. The summed E-state index contributed by atoms with van der Waals surface area (Å²) in [5.41, 5.74) is 5.19. The minimum atomic E-state index is -3.79. The van der Waals surface area contributed by atoms with Gasteiger partial charge in [-0.2, -0.15) is 4.31 Å². The van der Waals surface area contributed by atoms with Gasteiger partial charge in [0.05, 0.1) is 18.0 Å². The first-order valence-electron chi connectivity index (χ1n) is 11.2. The highest BCUT2D eigenvalue weighted by Crippen LogP contribution is 2.32. The van der Waals surface area contributed by atoms with Gasteiger partial charge in [-0.05, 0) is 43.2 Å². The first kappa shape index (κ1) is 28.7. The summed E-state index contributed by atoms with van der Waals surface area (Å²) in [6.07, 6.45) is 7.01. The number of aromatic nitrogens is 1. The second-order valence-corrected chi connectivity index (χ2v) is 11.5. The summed E-state index contributed by atoms with van der Waals surface area (Å²) < 4.78 is 34.2. The number of halogens is 3. The highest BCUT2D eigenvalue weighted by atomic mass is 79.9. The minimum absolute atomic E-state index is 0. The number of fused-ring (bicyclic) bond motifs is 1. The molecule has 0 unspecified atom stereocenters. The number of carbonyl (C=O) groups is 1. The number of piperazine rings is 1. The van der Waals surface area contributed by atoms with Gasteiger partial charge in [0.2, 0.25) is 10.0 Å². The molecule has 0 saturated carbocycles. The lowest BCUT2D eigenvalue weighted by Gasteiger charge is -2.39. The van der Waals surface area contributed by atoms with Crippen LogP contribution in [-0.4, -0.2) is 74.0 Å². The minimum Gasteiger partial charge on any atom is -0.487 e. The third-order valence-corrected chi connectivity index (χ3v) is 8.76. The van der Waals surface area contributed by atoms with Gasteiger partial charge in [0.1, 0.15) is 12.4 Å². The van der Waals surface area contributed by atoms with Crippen molar-refractivity contribution in [3.8, 4) is 5.75 Å². The van der Waals surface area contributed by atoms with Crippen LogP contribution >= 0.6 is 40.7 Å². The Morgan fingerprint density at radius 3 is 2.44 bits per heavy atom. The number of ether oxygens (including phenoxy) is 1. The van der Waals surface area contributed by atoms with E-state index in [1.807, 2.05) is 24.3 Å². The molecule has 2 saturated heterocycles. The maximum Gasteiger partial charge on any atom is 0.252 e. The van der Waals surface area contributed by atoms with Crippen molar-refractivity contribution in [3.05, 3.63) is 57.7 Å². The van der Waals surface area contributed by atoms with E-state index in [-0.39, 0.29) is 61.4 Å². The number of hydrogen-bond acceptors (Lipinski definition) is 7. The van der Waals surface area contributed by atoms with Crippen molar-refractivity contribution in [2.75, 3.05) is 44.2 Å². The number of carbonyl (C=O) groups excluding carboxylic acids is 1. The smallest absolute Gasteiger partial charge is 0.252 e. The van der Waals surface area contributed by atoms with Gasteiger partial charge in [-0.15, -0.1) is 24.8 Å². The zero-order valence-corrected chi connectivity index (χ0v) is 23.4. The van der Waals surface area contributed by atoms with E-state index in [2.05, 4.69) is 31.2 Å². The Morgan fingerprint density at radius 2 is 1.75 bits per heavy atom. The zero-order valence-electron chi connectivity index (χ0n) is 19.4. The number of nitrogens with zero attached hydrogens (tertiary/aromatic N) is 4. The number of anilines is 1. The summed E-state index contributed by atoms with van der Waals surface area (Å²) in [4.78, 5) is 19.4. The van der Waals surface area contributed by atoms with Crippen molar-refractivity contribution in [1.82, 2.24) is 19.7 Å². The standard InChI is InChI=1S/C23H26BrN5O4S.2ClH/c24-18-2-1-17-13-21(16-33-22(17)14-18)34(31,32)28-11-12-29(23(30)15-28)26-19-5-9-27(10-6-19)20-3-7-25-8-4-20;;/h1-4,7-8,13-14,19,26H,5-6,9-12,15-16H2;2*1H. The Kier molecular flexibility index (Phi) is 9.64. The van der Waals surface area contributed by atoms with Gasteiger partial charge in [0, 0.05) is 53.8 Å². The summed E-state index contributed by atoms with van der Waals surface area (Å²) in [6.45, 7) is 2.08. The predicted octanol–water partition coefficient (Wildman–Crippen LogP) is 3.07. The largest absolute Gasteiger partial charge is 0.487 e. The maximum absolute atomic E-state index is 13.2. The Hall–Kier alpha value is -1.89. The molecule has 1 aromatic carbocycles. The van der Waals surface area contributed by atoms with E-state index in [0.717, 1.165) is 36.1 Å². The lowest BCUT2D eigenvalue weighted by atomic mass is 10.1. The van der Waals surface area contributed by atoms with Gasteiger partial charge in [0.25, 0.3) is 5.91 Å². The molecule has 9 nitrogen and oxygen atoms in total. The molecule has 0 atom stereocenters. The summed E-state index contributed by atoms with van der Waals surface area (Å²) >= 11 is 3.39. The predicted molar refractivity (Wildman–Crippen MR) is 147 cm³/mol. The molecule has 0 spiro atoms. The van der Waals surface area contributed by atoms with Crippen LogP contribution in [0.3, 0.4) is 0 Å². The Labute approximate surface area is 231 Å². The number of nitrogens with one attached hydrogen (secondary N) is 1. The number of rotatable bonds is 5. The van der Waals surface area contributed by atoms with Gasteiger partial charge >= 0.3 is 0 Å². The topological polar surface area (TPSA) is 95.1 Å². The third-order valence-electron chi connectivity index (χ3n) is 6.38. The van der Waals surface area contributed by atoms with Crippen LogP contribution in [0.15, 0.2) is 52.1 Å². The van der Waals surface area contributed by atoms with Crippen LogP contribution in [0.1, 0.15) is 18.4 Å². The van der Waals surface area contributed by atoms with Crippen molar-refractivity contribution in [2.24, 2.45) is 0 Å². The average Bonchev–Trinajstić information content (AvgIpc) is 2.86. The molecule has 0 radical (unpaired) electrons. The summed E-state index contributed by atoms with van der Waals surface area (Å²) in [7, 11) is -3.79. The Balaban J connectivity index is 0.00000180. The van der Waals surface area contributed by atoms with E-state index in [4.69, 9.17) is 4.74 Å². The van der Waals surface area contributed by atoms with Crippen molar-refractivity contribution in [3.63, 3.8) is 0 Å². The fraction of sp³-hybridized carbons (Fsp3) is 0.391. The molecular formula is C23H28BrCl2N5O4S. The fourth-order valence-corrected chi connectivity index (χ4v) is 6.22. The summed E-state index contributed by atoms with van der Waals surface area (Å²) in [6, 6.07) is 9.63. The van der Waals surface area contributed by atoms with Crippen LogP contribution in [-0.2, 0) is 14.8 Å². The molecule has 4 heterocycles. The second kappa shape index (κ2) is 12.1. The average molecular weight is 621 g/mol. The van der Waals surface area contributed by atoms with Crippen LogP contribution in [0.2, 0.25) is 0 Å². The number of piperidine rings is 1. The van der Waals surface area contributed by atoms with Gasteiger partial charge in [-0.3, -0.25) is 14.8 Å². The van der Waals surface area contributed by atoms with Crippen LogP contribution in [0, 0.1) is 0 Å². The Morgan fingerprint density at radius 1 is 1.03 bits per heavy atom. The monoisotopic (exact) mass is 619 g/mol. The van der Waals surface area contributed by atoms with Gasteiger partial charge in [0.15, 0.2) is 0 Å². The molecule has 13 heteroatoms.